The Morgan fingerprint density at radius 3 is 2.34 bits per heavy atom. The summed E-state index contributed by atoms with van der Waals surface area (Å²) in [7, 11) is 1.58. The molecule has 1 aromatic heterocycles. The second-order valence-electron chi connectivity index (χ2n) is 16.8. The third-order valence-electron chi connectivity index (χ3n) is 13.0. The van der Waals surface area contributed by atoms with Gasteiger partial charge in [0.25, 0.3) is 5.91 Å². The number of ketones is 2. The summed E-state index contributed by atoms with van der Waals surface area (Å²) in [6.07, 6.45) is 5.16. The SMILES string of the molecule is [C-]#[N+]c1ccc(N2C[C@@H](C)N(C(=O)Cc3ccc(N4CCC(CN5CCN(c6ccc7c(c6)CN([C@H]6CCC(=O)CC6=O)C7=O)CC5)CC4)nc3)C[C@@H]2C)cc1OC. The van der Waals surface area contributed by atoms with E-state index < -0.39 is 6.04 Å². The highest BCUT2D eigenvalue weighted by atomic mass is 16.5. The number of nitrogens with zero attached hydrogens (tertiary/aromatic N) is 8. The van der Waals surface area contributed by atoms with E-state index in [1.54, 1.807) is 18.1 Å². The largest absolute Gasteiger partial charge is 0.508 e. The molecule has 5 heterocycles. The van der Waals surface area contributed by atoms with Crippen LogP contribution in [0.4, 0.5) is 22.9 Å². The third kappa shape index (κ3) is 8.12. The molecule has 58 heavy (non-hydrogen) atoms. The first-order chi connectivity index (χ1) is 28.1. The van der Waals surface area contributed by atoms with Gasteiger partial charge in [0.2, 0.25) is 11.6 Å². The van der Waals surface area contributed by atoms with Gasteiger partial charge in [0, 0.05) is 107 Å². The van der Waals surface area contributed by atoms with Gasteiger partial charge in [0.05, 0.1) is 32.6 Å². The lowest BCUT2D eigenvalue weighted by Gasteiger charge is -2.45. The monoisotopic (exact) mass is 786 g/mol. The van der Waals surface area contributed by atoms with E-state index in [0.29, 0.717) is 61.8 Å². The molecule has 0 spiro atoms. The van der Waals surface area contributed by atoms with Crippen molar-refractivity contribution < 1.29 is 23.9 Å². The molecule has 2 amide bonds. The number of benzene rings is 2. The molecule has 0 radical (unpaired) electrons. The number of piperazine rings is 2. The predicted octanol–water partition coefficient (Wildman–Crippen LogP) is 4.99. The first kappa shape index (κ1) is 39.4. The van der Waals surface area contributed by atoms with Crippen molar-refractivity contribution >= 4 is 46.3 Å². The van der Waals surface area contributed by atoms with Gasteiger partial charge < -0.3 is 29.2 Å². The average Bonchev–Trinajstić information content (AvgIpc) is 3.56. The summed E-state index contributed by atoms with van der Waals surface area (Å²) >= 11 is 0. The molecule has 13 nitrogen and oxygen atoms in total. The minimum atomic E-state index is -0.488. The Labute approximate surface area is 341 Å². The molecule has 3 saturated heterocycles. The molecular weight excluding hydrogens is 733 g/mol. The Kier molecular flexibility index (Phi) is 11.4. The van der Waals surface area contributed by atoms with Gasteiger partial charge in [0.15, 0.2) is 5.78 Å². The fourth-order valence-electron chi connectivity index (χ4n) is 9.62. The van der Waals surface area contributed by atoms with E-state index >= 15 is 0 Å². The summed E-state index contributed by atoms with van der Waals surface area (Å²) < 4.78 is 5.44. The van der Waals surface area contributed by atoms with Crippen molar-refractivity contribution in [3.8, 4) is 5.75 Å². The highest BCUT2D eigenvalue weighted by molar-refractivity contribution is 6.07. The topological polar surface area (TPSA) is 114 Å². The van der Waals surface area contributed by atoms with Crippen LogP contribution in [0.25, 0.3) is 4.85 Å². The zero-order valence-corrected chi connectivity index (χ0v) is 33.9. The van der Waals surface area contributed by atoms with E-state index in [-0.39, 0.29) is 41.9 Å². The van der Waals surface area contributed by atoms with E-state index in [0.717, 1.165) is 87.0 Å². The minimum Gasteiger partial charge on any atom is -0.508 e. The number of amides is 2. The van der Waals surface area contributed by atoms with Crippen molar-refractivity contribution in [2.45, 2.75) is 77.0 Å². The summed E-state index contributed by atoms with van der Waals surface area (Å²) in [6, 6.07) is 15.5. The van der Waals surface area contributed by atoms with E-state index in [1.165, 1.54) is 0 Å². The molecule has 1 aliphatic carbocycles. The Morgan fingerprint density at radius 2 is 1.64 bits per heavy atom. The van der Waals surface area contributed by atoms with Crippen molar-refractivity contribution in [1.29, 1.82) is 0 Å². The number of carbonyl (C=O) groups is 4. The van der Waals surface area contributed by atoms with Crippen LogP contribution in [0, 0.1) is 12.5 Å². The maximum absolute atomic E-state index is 13.5. The molecule has 0 N–H and O–H groups in total. The number of aromatic nitrogens is 1. The number of ether oxygens (including phenoxy) is 1. The summed E-state index contributed by atoms with van der Waals surface area (Å²) in [6.45, 7) is 20.2. The van der Waals surface area contributed by atoms with E-state index in [1.807, 2.05) is 35.4 Å². The summed E-state index contributed by atoms with van der Waals surface area (Å²) in [4.78, 5) is 72.6. The highest BCUT2D eigenvalue weighted by Crippen LogP contribution is 2.35. The number of carbonyl (C=O) groups excluding carboxylic acids is 4. The Morgan fingerprint density at radius 1 is 0.862 bits per heavy atom. The average molecular weight is 787 g/mol. The summed E-state index contributed by atoms with van der Waals surface area (Å²) in [5, 5.41) is 0. The molecule has 0 unspecified atom stereocenters. The number of anilines is 3. The van der Waals surface area contributed by atoms with Crippen molar-refractivity contribution in [3.63, 3.8) is 0 Å². The molecule has 5 aliphatic rings. The van der Waals surface area contributed by atoms with Gasteiger partial charge in [-0.25, -0.2) is 9.83 Å². The number of methoxy groups -OCH3 is 1. The second-order valence-corrected chi connectivity index (χ2v) is 16.8. The molecule has 0 bridgehead atoms. The lowest BCUT2D eigenvalue weighted by molar-refractivity contribution is -0.134. The van der Waals surface area contributed by atoms with E-state index in [9.17, 15) is 19.2 Å². The maximum atomic E-state index is 13.5. The Hall–Kier alpha value is -5.48. The van der Waals surface area contributed by atoms with Crippen LogP contribution < -0.4 is 19.4 Å². The number of Topliss-reactive ketones (excluding diaryl/α,β-unsaturated/α-hetero) is 2. The lowest BCUT2D eigenvalue weighted by Crippen LogP contribution is -2.58. The fourth-order valence-corrected chi connectivity index (χ4v) is 9.62. The number of fused-ring (bicyclic) bond motifs is 1. The number of hydrogen-bond donors (Lipinski definition) is 0. The lowest BCUT2D eigenvalue weighted by atomic mass is 9.92. The van der Waals surface area contributed by atoms with Crippen molar-refractivity contribution in [1.82, 2.24) is 19.7 Å². The smallest absolute Gasteiger partial charge is 0.255 e. The normalized spacial score (nSPS) is 23.3. The zero-order valence-electron chi connectivity index (χ0n) is 33.9. The van der Waals surface area contributed by atoms with Gasteiger partial charge >= 0.3 is 0 Å². The highest BCUT2D eigenvalue weighted by Gasteiger charge is 2.39. The zero-order chi connectivity index (χ0) is 40.5. The fraction of sp³-hybridized carbons (Fsp3) is 0.511. The van der Waals surface area contributed by atoms with Crippen LogP contribution in [0.15, 0.2) is 54.7 Å². The van der Waals surface area contributed by atoms with Crippen LogP contribution in [0.3, 0.4) is 0 Å². The standard InChI is InChI=1S/C45H54N8O5/c1-30-27-52(31(2)26-51(30)36-7-10-39(46-3)42(23-36)58-4)44(56)21-33-5-12-43(47-25-33)50-15-13-32(14-16-50)28-48-17-19-49(20-18-48)35-6-9-38-34(22-35)29-53(45(38)57)40-11-8-37(54)24-41(40)55/h5-7,9-10,12,22-23,25,30-32,40H,8,11,13-21,24,26-29H2,1-2,4H3/t30-,31+,40-/m0/s1. The van der Waals surface area contributed by atoms with Crippen LogP contribution >= 0.6 is 0 Å². The molecule has 3 aromatic rings. The van der Waals surface area contributed by atoms with Gasteiger partial charge in [-0.2, -0.15) is 0 Å². The van der Waals surface area contributed by atoms with E-state index in [4.69, 9.17) is 16.3 Å². The van der Waals surface area contributed by atoms with Crippen molar-refractivity contribution in [2.24, 2.45) is 5.92 Å². The van der Waals surface area contributed by atoms with Crippen LogP contribution in [-0.2, 0) is 27.3 Å². The molecule has 13 heteroatoms. The number of hydrogen-bond acceptors (Lipinski definition) is 10. The molecule has 4 aliphatic heterocycles. The molecule has 4 fully saturated rings. The van der Waals surface area contributed by atoms with Gasteiger partial charge in [-0.05, 0) is 86.6 Å². The summed E-state index contributed by atoms with van der Waals surface area (Å²) in [5.74, 6) is 2.03. The first-order valence-electron chi connectivity index (χ1n) is 20.9. The number of piperidine rings is 1. The van der Waals surface area contributed by atoms with Crippen LogP contribution in [0.1, 0.15) is 67.4 Å². The van der Waals surface area contributed by atoms with E-state index in [2.05, 4.69) is 56.5 Å². The molecule has 304 valence electrons. The quantitative estimate of drug-likeness (QED) is 0.217. The molecule has 8 rings (SSSR count). The van der Waals surface area contributed by atoms with Crippen molar-refractivity contribution in [3.05, 3.63) is 82.8 Å². The maximum Gasteiger partial charge on any atom is 0.255 e. The Balaban J connectivity index is 0.769. The second kappa shape index (κ2) is 16.8. The minimum absolute atomic E-state index is 0.0275. The van der Waals surface area contributed by atoms with Gasteiger partial charge in [0.1, 0.15) is 17.4 Å². The van der Waals surface area contributed by atoms with Gasteiger partial charge in [-0.1, -0.05) is 12.1 Å². The Bertz CT molecular complexity index is 2080. The molecule has 1 saturated carbocycles. The molecule has 3 atom stereocenters. The molecule has 2 aromatic carbocycles. The van der Waals surface area contributed by atoms with Gasteiger partial charge in [-0.15, -0.1) is 0 Å². The summed E-state index contributed by atoms with van der Waals surface area (Å²) in [5.41, 5.74) is 5.19. The van der Waals surface area contributed by atoms with Crippen LogP contribution in [-0.4, -0.2) is 127 Å². The number of pyridine rings is 1. The predicted molar refractivity (Wildman–Crippen MR) is 223 cm³/mol. The van der Waals surface area contributed by atoms with Crippen LogP contribution in [0.5, 0.6) is 5.75 Å². The number of rotatable bonds is 9. The first-order valence-corrected chi connectivity index (χ1v) is 20.9. The van der Waals surface area contributed by atoms with Crippen LogP contribution in [0.2, 0.25) is 0 Å². The van der Waals surface area contributed by atoms with Gasteiger partial charge in [-0.3, -0.25) is 24.1 Å². The third-order valence-corrected chi connectivity index (χ3v) is 13.0. The molecular formula is C45H54N8O5. The van der Waals surface area contributed by atoms with Crippen molar-refractivity contribution in [2.75, 3.05) is 80.7 Å².